The summed E-state index contributed by atoms with van der Waals surface area (Å²) in [5, 5.41) is 5.81. The molecule has 2 unspecified atom stereocenters. The van der Waals surface area contributed by atoms with Crippen LogP contribution in [0.3, 0.4) is 0 Å². The Morgan fingerprint density at radius 2 is 1.50 bits per heavy atom. The number of pyridine rings is 1. The van der Waals surface area contributed by atoms with Gasteiger partial charge in [0.1, 0.15) is 5.75 Å². The summed E-state index contributed by atoms with van der Waals surface area (Å²) in [6.45, 7) is 2.10. The number of aromatic nitrogens is 1. The minimum absolute atomic E-state index is 0.0789. The number of benzene rings is 5. The lowest BCUT2D eigenvalue weighted by Crippen LogP contribution is -2.47. The van der Waals surface area contributed by atoms with E-state index in [2.05, 4.69) is 103 Å². The van der Waals surface area contributed by atoms with Gasteiger partial charge >= 0.3 is 0 Å². The summed E-state index contributed by atoms with van der Waals surface area (Å²) in [6.07, 6.45) is 0.598. The third kappa shape index (κ3) is 4.59. The minimum atomic E-state index is -0.901. The molecule has 0 radical (unpaired) electrons. The first kappa shape index (κ1) is 26.5. The van der Waals surface area contributed by atoms with Crippen molar-refractivity contribution >= 4 is 34.2 Å². The third-order valence-electron chi connectivity index (χ3n) is 8.25. The van der Waals surface area contributed by atoms with Crippen molar-refractivity contribution in [3.05, 3.63) is 162 Å². The van der Waals surface area contributed by atoms with E-state index in [1.54, 1.807) is 0 Å². The summed E-state index contributed by atoms with van der Waals surface area (Å²) in [5.41, 5.74) is 5.30. The number of fused-ring (bicyclic) bond motifs is 4. The molecule has 3 heterocycles. The number of para-hydroxylation sites is 3. The molecule has 0 spiro atoms. The number of nitrogens with zero attached hydrogens (tertiary/aromatic N) is 3. The zero-order chi connectivity index (χ0) is 29.5. The second kappa shape index (κ2) is 10.9. The molecule has 0 aliphatic carbocycles. The van der Waals surface area contributed by atoms with Crippen LogP contribution in [0.4, 0.5) is 5.69 Å². The molecule has 8 rings (SSSR count). The maximum absolute atomic E-state index is 6.70. The molecule has 2 aliphatic rings. The van der Waals surface area contributed by atoms with E-state index in [0.717, 1.165) is 49.8 Å². The fourth-order valence-electron chi connectivity index (χ4n) is 6.08. The highest BCUT2D eigenvalue weighted by molar-refractivity contribution is 7.99. The van der Waals surface area contributed by atoms with Crippen LogP contribution in [0.5, 0.6) is 11.6 Å². The molecule has 2 atom stereocenters. The molecule has 5 aromatic carbocycles. The van der Waals surface area contributed by atoms with Gasteiger partial charge < -0.3 is 9.57 Å². The molecule has 0 N–H and O–H groups in total. The van der Waals surface area contributed by atoms with Crippen LogP contribution >= 0.6 is 11.8 Å². The Morgan fingerprint density at radius 1 is 0.795 bits per heavy atom. The Kier molecular flexibility index (Phi) is 6.57. The molecule has 0 saturated heterocycles. The van der Waals surface area contributed by atoms with E-state index in [-0.39, 0.29) is 5.25 Å². The lowest BCUT2D eigenvalue weighted by Gasteiger charge is -2.38. The highest BCUT2D eigenvalue weighted by Crippen LogP contribution is 2.57. The average Bonchev–Trinajstić information content (AvgIpc) is 3.38. The first-order valence-corrected chi connectivity index (χ1v) is 15.6. The monoisotopic (exact) mass is 591 g/mol. The van der Waals surface area contributed by atoms with E-state index < -0.39 is 5.72 Å². The van der Waals surface area contributed by atoms with Crippen LogP contribution in [0.15, 0.2) is 150 Å². The molecule has 0 amide bonds. The Hall–Kier alpha value is -5.07. The van der Waals surface area contributed by atoms with Crippen molar-refractivity contribution in [1.29, 1.82) is 0 Å². The fourth-order valence-corrected chi connectivity index (χ4v) is 7.43. The van der Waals surface area contributed by atoms with Crippen LogP contribution in [0.25, 0.3) is 10.9 Å². The number of hydrogen-bond donors (Lipinski definition) is 0. The number of anilines is 1. The zero-order valence-corrected chi connectivity index (χ0v) is 24.9. The summed E-state index contributed by atoms with van der Waals surface area (Å²) in [7, 11) is 0. The van der Waals surface area contributed by atoms with E-state index in [4.69, 9.17) is 19.7 Å². The van der Waals surface area contributed by atoms with Gasteiger partial charge in [-0.25, -0.2) is 4.98 Å². The number of ether oxygens (including phenoxy) is 1. The molecule has 214 valence electrons. The Balaban J connectivity index is 1.33. The van der Waals surface area contributed by atoms with Crippen LogP contribution in [0, 0.1) is 6.92 Å². The first-order valence-electron chi connectivity index (χ1n) is 14.8. The maximum Gasteiger partial charge on any atom is 0.242 e. The maximum atomic E-state index is 6.70. The van der Waals surface area contributed by atoms with Crippen molar-refractivity contribution in [3.63, 3.8) is 0 Å². The van der Waals surface area contributed by atoms with Gasteiger partial charge in [-0.2, -0.15) is 0 Å². The lowest BCUT2D eigenvalue weighted by atomic mass is 9.91. The standard InChI is InChI=1S/C38H29N3O2S/c1-26-20-22-27(23-21-26)36-40-43-38(29-13-4-2-5-14-29)25-35(44-34-19-11-10-18-33(34)41(36)38)31-24-28-12-8-9-17-32(28)39-37(31)42-30-15-6-3-7-16-30/h2-24,35H,25H2,1H3. The van der Waals surface area contributed by atoms with Gasteiger partial charge in [0.25, 0.3) is 0 Å². The van der Waals surface area contributed by atoms with Crippen molar-refractivity contribution < 1.29 is 9.57 Å². The molecule has 0 saturated carbocycles. The molecule has 44 heavy (non-hydrogen) atoms. The average molecular weight is 592 g/mol. The largest absolute Gasteiger partial charge is 0.439 e. The topological polar surface area (TPSA) is 47.0 Å². The van der Waals surface area contributed by atoms with Gasteiger partial charge in [0.15, 0.2) is 5.84 Å². The van der Waals surface area contributed by atoms with E-state index in [0.29, 0.717) is 12.3 Å². The van der Waals surface area contributed by atoms with E-state index in [9.17, 15) is 0 Å². The fraction of sp³-hybridized carbons (Fsp3) is 0.105. The smallest absolute Gasteiger partial charge is 0.242 e. The number of aryl methyl sites for hydroxylation is 1. The number of thioether (sulfide) groups is 1. The Bertz CT molecular complexity index is 2000. The molecule has 6 aromatic rings. The summed E-state index contributed by atoms with van der Waals surface area (Å²) in [6, 6.07) is 47.8. The molecule has 1 aromatic heterocycles. The van der Waals surface area contributed by atoms with Crippen LogP contribution in [-0.4, -0.2) is 10.8 Å². The van der Waals surface area contributed by atoms with Gasteiger partial charge in [0, 0.05) is 38.6 Å². The summed E-state index contributed by atoms with van der Waals surface area (Å²) in [4.78, 5) is 15.2. The van der Waals surface area contributed by atoms with E-state index >= 15 is 0 Å². The summed E-state index contributed by atoms with van der Waals surface area (Å²) >= 11 is 1.82. The van der Waals surface area contributed by atoms with E-state index in [1.807, 2.05) is 60.3 Å². The van der Waals surface area contributed by atoms with Gasteiger partial charge in [-0.15, -0.1) is 11.8 Å². The van der Waals surface area contributed by atoms with E-state index in [1.165, 1.54) is 5.56 Å². The highest BCUT2D eigenvalue weighted by atomic mass is 32.2. The normalized spacial score (nSPS) is 19.0. The second-order valence-electron chi connectivity index (χ2n) is 11.1. The van der Waals surface area contributed by atoms with Gasteiger partial charge in [-0.05, 0) is 43.3 Å². The molecule has 5 nitrogen and oxygen atoms in total. The Labute approximate surface area is 260 Å². The third-order valence-corrected chi connectivity index (χ3v) is 9.55. The summed E-state index contributed by atoms with van der Waals surface area (Å²) < 4.78 is 6.54. The molecule has 0 bridgehead atoms. The lowest BCUT2D eigenvalue weighted by molar-refractivity contribution is -0.0284. The van der Waals surface area contributed by atoms with Gasteiger partial charge in [-0.1, -0.05) is 114 Å². The zero-order valence-electron chi connectivity index (χ0n) is 24.1. The number of oxime groups is 1. The van der Waals surface area contributed by atoms with Crippen molar-refractivity contribution in [3.8, 4) is 11.6 Å². The predicted octanol–water partition coefficient (Wildman–Crippen LogP) is 9.62. The van der Waals surface area contributed by atoms with Crippen LogP contribution in [-0.2, 0) is 10.6 Å². The van der Waals surface area contributed by atoms with Gasteiger partial charge in [0.2, 0.25) is 11.6 Å². The van der Waals surface area contributed by atoms with Crippen molar-refractivity contribution in [2.75, 3.05) is 4.90 Å². The Morgan fingerprint density at radius 3 is 2.32 bits per heavy atom. The predicted molar refractivity (Wildman–Crippen MR) is 177 cm³/mol. The molecule has 2 aliphatic heterocycles. The first-order chi connectivity index (χ1) is 21.7. The summed E-state index contributed by atoms with van der Waals surface area (Å²) in [5.74, 6) is 2.14. The van der Waals surface area contributed by atoms with Crippen LogP contribution < -0.4 is 9.64 Å². The molecule has 6 heteroatoms. The van der Waals surface area contributed by atoms with Gasteiger partial charge in [-0.3, -0.25) is 4.90 Å². The highest BCUT2D eigenvalue weighted by Gasteiger charge is 2.53. The molecule has 0 fully saturated rings. The number of hydrogen-bond acceptors (Lipinski definition) is 6. The molecular formula is C38H29N3O2S. The van der Waals surface area contributed by atoms with Crippen molar-refractivity contribution in [1.82, 2.24) is 4.98 Å². The van der Waals surface area contributed by atoms with Crippen LogP contribution in [0.1, 0.15) is 33.9 Å². The SMILES string of the molecule is Cc1ccc(C2=NOC3(c4ccccc4)CC(c4cc5ccccc5nc4Oc4ccccc4)Sc4ccccc4N23)cc1. The minimum Gasteiger partial charge on any atom is -0.439 e. The van der Waals surface area contributed by atoms with Crippen molar-refractivity contribution in [2.24, 2.45) is 5.16 Å². The van der Waals surface area contributed by atoms with Crippen molar-refractivity contribution in [2.45, 2.75) is 29.2 Å². The quantitative estimate of drug-likeness (QED) is 0.200. The number of amidine groups is 1. The van der Waals surface area contributed by atoms with Gasteiger partial charge in [0.05, 0.1) is 11.2 Å². The van der Waals surface area contributed by atoms with Crippen LogP contribution in [0.2, 0.25) is 0 Å². The molecular weight excluding hydrogens is 563 g/mol. The number of rotatable bonds is 5. The second-order valence-corrected chi connectivity index (χ2v) is 12.4.